The molecule has 0 spiro atoms. The van der Waals surface area contributed by atoms with Crippen LogP contribution in [-0.4, -0.2) is 56.0 Å². The Hall–Kier alpha value is 1.29. The fourth-order valence-electron chi connectivity index (χ4n) is 2.78. The number of ether oxygens (including phenoxy) is 3. The van der Waals surface area contributed by atoms with E-state index in [9.17, 15) is 29.7 Å². The molecule has 0 aromatic carbocycles. The van der Waals surface area contributed by atoms with E-state index in [-0.39, 0.29) is 88.7 Å². The van der Waals surface area contributed by atoms with E-state index in [0.29, 0.717) is 39.1 Å². The van der Waals surface area contributed by atoms with Crippen LogP contribution in [-0.2, 0) is 28.6 Å². The molecule has 0 amide bonds. The van der Waals surface area contributed by atoms with Gasteiger partial charge in [-0.3, -0.25) is 0 Å². The summed E-state index contributed by atoms with van der Waals surface area (Å²) in [6, 6.07) is 0. The molecular weight excluding hydrogens is 429 g/mol. The molecule has 0 saturated carbocycles. The van der Waals surface area contributed by atoms with Gasteiger partial charge < -0.3 is 43.9 Å². The summed E-state index contributed by atoms with van der Waals surface area (Å²) in [5.74, 6) is -3.22. The second-order valence-electron chi connectivity index (χ2n) is 6.52. The molecule has 3 rings (SSSR count). The van der Waals surface area contributed by atoms with E-state index in [4.69, 9.17) is 14.2 Å². The topological polar surface area (TPSA) is 148 Å². The van der Waals surface area contributed by atoms with E-state index in [0.717, 1.165) is 38.5 Å². The minimum absolute atomic E-state index is 0. The molecule has 0 bridgehead atoms. The maximum absolute atomic E-state index is 10.1. The summed E-state index contributed by atoms with van der Waals surface area (Å²) >= 11 is 0. The van der Waals surface area contributed by atoms with Crippen molar-refractivity contribution in [2.45, 2.75) is 76.1 Å². The quantitative estimate of drug-likeness (QED) is 0.378. The molecule has 3 aliphatic heterocycles. The predicted octanol–water partition coefficient (Wildman–Crippen LogP) is -11.1. The van der Waals surface area contributed by atoms with Crippen LogP contribution in [0, 0.1) is 0 Å². The van der Waals surface area contributed by atoms with Crippen molar-refractivity contribution in [2.24, 2.45) is 0 Å². The van der Waals surface area contributed by atoms with Crippen molar-refractivity contribution in [1.29, 1.82) is 0 Å². The molecule has 156 valence electrons. The summed E-state index contributed by atoms with van der Waals surface area (Å²) in [4.78, 5) is 30.4. The second kappa shape index (κ2) is 22.1. The van der Waals surface area contributed by atoms with Gasteiger partial charge in [-0.05, 0) is 57.8 Å². The molecule has 3 heterocycles. The smallest absolute Gasteiger partial charge is 0.547 e. The molecule has 3 saturated heterocycles. The minimum atomic E-state index is -1.07. The predicted molar refractivity (Wildman–Crippen MR) is 85.8 cm³/mol. The van der Waals surface area contributed by atoms with Crippen LogP contribution in [0.25, 0.3) is 0 Å². The third-order valence-electron chi connectivity index (χ3n) is 4.33. The van der Waals surface area contributed by atoms with Gasteiger partial charge in [0.05, 0.1) is 36.2 Å². The molecule has 9 nitrogen and oxygen atoms in total. The van der Waals surface area contributed by atoms with E-state index in [1.54, 1.807) is 0 Å². The Morgan fingerprint density at radius 2 is 0.733 bits per heavy atom. The SMILES string of the molecule is O=C([O-])C1CCCCO1.O=C([O-])C1CCCCO1.O=C([O-])C1CCCCO1.[Na+].[Na+].[Na+]. The maximum Gasteiger partial charge on any atom is 1.00 e. The number of carbonyl (C=O) groups is 3. The Morgan fingerprint density at radius 3 is 0.833 bits per heavy atom. The summed E-state index contributed by atoms with van der Waals surface area (Å²) in [7, 11) is 0. The largest absolute Gasteiger partial charge is 1.00 e. The third-order valence-corrected chi connectivity index (χ3v) is 4.33. The van der Waals surface area contributed by atoms with Crippen molar-refractivity contribution in [2.75, 3.05) is 19.8 Å². The number of carboxylic acids is 3. The van der Waals surface area contributed by atoms with Gasteiger partial charge in [0.25, 0.3) is 0 Å². The van der Waals surface area contributed by atoms with Crippen molar-refractivity contribution < 1.29 is 133 Å². The van der Waals surface area contributed by atoms with E-state index < -0.39 is 36.2 Å². The molecular formula is C18H27Na3O9. The number of rotatable bonds is 3. The average molecular weight is 456 g/mol. The number of hydrogen-bond acceptors (Lipinski definition) is 9. The molecule has 3 atom stereocenters. The Morgan fingerprint density at radius 1 is 0.500 bits per heavy atom. The van der Waals surface area contributed by atoms with Crippen molar-refractivity contribution in [1.82, 2.24) is 0 Å². The monoisotopic (exact) mass is 456 g/mol. The van der Waals surface area contributed by atoms with Gasteiger partial charge in [0.1, 0.15) is 0 Å². The van der Waals surface area contributed by atoms with Gasteiger partial charge in [0, 0.05) is 19.8 Å². The molecule has 3 unspecified atom stereocenters. The first-order valence-electron chi connectivity index (χ1n) is 9.39. The Balaban J connectivity index is -0.000000347. The van der Waals surface area contributed by atoms with Crippen LogP contribution < -0.4 is 104 Å². The van der Waals surface area contributed by atoms with Gasteiger partial charge in [0.2, 0.25) is 0 Å². The Labute approximate surface area is 243 Å². The van der Waals surface area contributed by atoms with Gasteiger partial charge in [-0.15, -0.1) is 0 Å². The van der Waals surface area contributed by atoms with E-state index >= 15 is 0 Å². The first-order chi connectivity index (χ1) is 12.9. The maximum atomic E-state index is 10.1. The zero-order valence-electron chi connectivity index (χ0n) is 18.4. The van der Waals surface area contributed by atoms with Gasteiger partial charge in [-0.1, -0.05) is 0 Å². The summed E-state index contributed by atoms with van der Waals surface area (Å²) in [6.07, 6.45) is 5.68. The first kappa shape index (κ1) is 35.9. The van der Waals surface area contributed by atoms with Gasteiger partial charge >= 0.3 is 88.7 Å². The summed E-state index contributed by atoms with van der Waals surface area (Å²) < 4.78 is 14.6. The zero-order valence-corrected chi connectivity index (χ0v) is 24.4. The summed E-state index contributed by atoms with van der Waals surface area (Å²) in [6.45, 7) is 1.70. The number of aliphatic carboxylic acids is 3. The van der Waals surface area contributed by atoms with E-state index in [1.165, 1.54) is 0 Å². The van der Waals surface area contributed by atoms with Crippen molar-refractivity contribution in [3.63, 3.8) is 0 Å². The Bertz CT molecular complexity index is 395. The van der Waals surface area contributed by atoms with Crippen molar-refractivity contribution in [3.8, 4) is 0 Å². The summed E-state index contributed by atoms with van der Waals surface area (Å²) in [5.41, 5.74) is 0. The number of carboxylic acid groups (broad SMARTS) is 3. The Kier molecular flexibility index (Phi) is 26.4. The van der Waals surface area contributed by atoms with Crippen LogP contribution in [0.5, 0.6) is 0 Å². The van der Waals surface area contributed by atoms with Crippen LogP contribution in [0.15, 0.2) is 0 Å². The van der Waals surface area contributed by atoms with Crippen LogP contribution in [0.4, 0.5) is 0 Å². The van der Waals surface area contributed by atoms with Gasteiger partial charge in [0.15, 0.2) is 0 Å². The van der Waals surface area contributed by atoms with E-state index in [2.05, 4.69) is 0 Å². The molecule has 0 aromatic rings. The normalized spacial score (nSPS) is 25.0. The average Bonchev–Trinajstić information content (AvgIpc) is 2.71. The standard InChI is InChI=1S/3C6H10O3.3Na/c3*7-6(8)5-3-1-2-4-9-5;;;/h3*5H,1-4H2,(H,7,8);;;/q;;;3*+1/p-3. The third kappa shape index (κ3) is 16.9. The van der Waals surface area contributed by atoms with Crippen molar-refractivity contribution >= 4 is 17.9 Å². The summed E-state index contributed by atoms with van der Waals surface area (Å²) in [5, 5.41) is 30.4. The van der Waals surface area contributed by atoms with Gasteiger partial charge in [-0.2, -0.15) is 0 Å². The molecule has 0 aliphatic carbocycles. The second-order valence-corrected chi connectivity index (χ2v) is 6.52. The van der Waals surface area contributed by atoms with Crippen LogP contribution in [0.3, 0.4) is 0 Å². The minimum Gasteiger partial charge on any atom is -0.547 e. The number of hydrogen-bond donors (Lipinski definition) is 0. The molecule has 3 aliphatic rings. The fraction of sp³-hybridized carbons (Fsp3) is 0.833. The molecule has 30 heavy (non-hydrogen) atoms. The fourth-order valence-corrected chi connectivity index (χ4v) is 2.78. The molecule has 12 heteroatoms. The molecule has 3 fully saturated rings. The first-order valence-corrected chi connectivity index (χ1v) is 9.39. The molecule has 0 radical (unpaired) electrons. The van der Waals surface area contributed by atoms with Crippen LogP contribution in [0.2, 0.25) is 0 Å². The van der Waals surface area contributed by atoms with E-state index in [1.807, 2.05) is 0 Å². The van der Waals surface area contributed by atoms with Gasteiger partial charge in [-0.25, -0.2) is 0 Å². The molecule has 0 N–H and O–H groups in total. The van der Waals surface area contributed by atoms with Crippen LogP contribution >= 0.6 is 0 Å². The van der Waals surface area contributed by atoms with Crippen LogP contribution in [0.1, 0.15) is 57.8 Å². The zero-order chi connectivity index (χ0) is 20.1. The number of carbonyl (C=O) groups excluding carboxylic acids is 3. The van der Waals surface area contributed by atoms with Crippen molar-refractivity contribution in [3.05, 3.63) is 0 Å². The molecule has 0 aromatic heterocycles.